The summed E-state index contributed by atoms with van der Waals surface area (Å²) in [5.41, 5.74) is 6.40. The van der Waals surface area contributed by atoms with Crippen LogP contribution in [0.5, 0.6) is 11.5 Å². The van der Waals surface area contributed by atoms with Gasteiger partial charge in [0.15, 0.2) is 0 Å². The zero-order chi connectivity index (χ0) is 39.3. The van der Waals surface area contributed by atoms with Gasteiger partial charge in [-0.15, -0.1) is 0 Å². The maximum Gasteiger partial charge on any atom is 0.258 e. The van der Waals surface area contributed by atoms with Crippen LogP contribution < -0.4 is 9.47 Å². The standard InChI is InChI=1S/C47H56O3P2S2Si/c1-32(2)55(33(3)4,34(5)6)50-43(45(7,8)9)44-51-46(37-18-14-12-15-19-37,30-41(53-51)35-22-26-39(48-10)27-23-35)47(38-20-16-13-17-21-38)31-42(54-52(44)47)36-24-28-40(49-11)29-25-36/h12-34H,1-11H3/t46-,47-,51+,52+/m1/s1. The van der Waals surface area contributed by atoms with E-state index in [-0.39, 0.29) is 15.7 Å². The Hall–Kier alpha value is -2.72. The fraction of sp³-hybridized carbons (Fsp3) is 0.362. The van der Waals surface area contributed by atoms with Crippen molar-refractivity contribution in [1.82, 2.24) is 0 Å². The second-order valence-electron chi connectivity index (χ2n) is 16.8. The first-order valence-corrected chi connectivity index (χ1v) is 27.2. The Morgan fingerprint density at radius 1 is 0.564 bits per heavy atom. The van der Waals surface area contributed by atoms with E-state index < -0.39 is 22.6 Å². The van der Waals surface area contributed by atoms with E-state index in [1.165, 1.54) is 37.8 Å². The predicted molar refractivity (Wildman–Crippen MR) is 246 cm³/mol. The van der Waals surface area contributed by atoms with E-state index in [2.05, 4.69) is 206 Å². The molecule has 3 nitrogen and oxygen atoms in total. The molecule has 3 heterocycles. The van der Waals surface area contributed by atoms with Crippen LogP contribution in [0.1, 0.15) is 84.6 Å². The van der Waals surface area contributed by atoms with Gasteiger partial charge in [-0.25, -0.2) is 0 Å². The van der Waals surface area contributed by atoms with Gasteiger partial charge in [0.1, 0.15) is 11.5 Å². The number of rotatable bonds is 11. The molecule has 288 valence electrons. The SMILES string of the molecule is COc1ccc(C2=C[C@]3(c4ccccc4)[P@@](S2)C(=C(O[Si](C(C)C)(C(C)C)C(C)C)C(C)(C)C)[P@]2SC(c4ccc(OC)cc4)=C[C@]23c2ccccc2)cc1. The summed E-state index contributed by atoms with van der Waals surface area (Å²) >= 11 is 4.23. The summed E-state index contributed by atoms with van der Waals surface area (Å²) < 4.78 is 19.4. The third kappa shape index (κ3) is 6.61. The summed E-state index contributed by atoms with van der Waals surface area (Å²) in [6.07, 6.45) is 5.39. The molecule has 0 aromatic heterocycles. The third-order valence-electron chi connectivity index (χ3n) is 11.7. The average Bonchev–Trinajstić information content (AvgIpc) is 3.83. The highest BCUT2D eigenvalue weighted by Crippen LogP contribution is 3.03. The molecule has 55 heavy (non-hydrogen) atoms. The Kier molecular flexibility index (Phi) is 11.4. The molecule has 4 atom stereocenters. The maximum absolute atomic E-state index is 8.14. The smallest absolute Gasteiger partial charge is 0.258 e. The van der Waals surface area contributed by atoms with Crippen molar-refractivity contribution in [3.8, 4) is 11.5 Å². The Balaban J connectivity index is 1.63. The molecule has 0 unspecified atom stereocenters. The number of ether oxygens (including phenoxy) is 2. The molecule has 0 saturated carbocycles. The van der Waals surface area contributed by atoms with E-state index in [9.17, 15) is 0 Å². The highest BCUT2D eigenvalue weighted by atomic mass is 32.7. The van der Waals surface area contributed by atoms with Crippen molar-refractivity contribution in [3.63, 3.8) is 0 Å². The van der Waals surface area contributed by atoms with Crippen LogP contribution in [0.25, 0.3) is 9.81 Å². The van der Waals surface area contributed by atoms with Crippen LogP contribution in [0.3, 0.4) is 0 Å². The number of hydrogen-bond donors (Lipinski definition) is 0. The average molecular weight is 823 g/mol. The molecule has 8 heteroatoms. The van der Waals surface area contributed by atoms with E-state index in [0.717, 1.165) is 11.5 Å². The normalized spacial score (nSPS) is 23.5. The van der Waals surface area contributed by atoms with Crippen LogP contribution >= 0.6 is 37.0 Å². The number of hydrogen-bond acceptors (Lipinski definition) is 5. The van der Waals surface area contributed by atoms with Crippen molar-refractivity contribution in [1.29, 1.82) is 0 Å². The Bertz CT molecular complexity index is 1950. The molecule has 0 amide bonds. The molecule has 7 rings (SSSR count). The predicted octanol–water partition coefficient (Wildman–Crippen LogP) is 15.6. The fourth-order valence-corrected chi connectivity index (χ4v) is 32.0. The molecule has 0 N–H and O–H groups in total. The third-order valence-corrected chi connectivity index (χ3v) is 30.4. The summed E-state index contributed by atoms with van der Waals surface area (Å²) in [5, 5.41) is 0.897. The molecule has 0 spiro atoms. The van der Waals surface area contributed by atoms with Gasteiger partial charge in [-0.1, -0.05) is 182 Å². The minimum Gasteiger partial charge on any atom is -0.545 e. The van der Waals surface area contributed by atoms with Gasteiger partial charge in [-0.3, -0.25) is 0 Å². The van der Waals surface area contributed by atoms with Crippen LogP contribution in [0.4, 0.5) is 0 Å². The van der Waals surface area contributed by atoms with Crippen molar-refractivity contribution in [2.75, 3.05) is 14.2 Å². The molecular weight excluding hydrogens is 767 g/mol. The lowest BCUT2D eigenvalue weighted by Gasteiger charge is -2.46. The zero-order valence-electron chi connectivity index (χ0n) is 34.2. The van der Waals surface area contributed by atoms with Crippen molar-refractivity contribution < 1.29 is 13.9 Å². The first kappa shape index (κ1) is 40.5. The summed E-state index contributed by atoms with van der Waals surface area (Å²) in [4.78, 5) is 2.68. The number of methoxy groups -OCH3 is 2. The van der Waals surface area contributed by atoms with Crippen LogP contribution in [0.2, 0.25) is 16.6 Å². The van der Waals surface area contributed by atoms with E-state index in [1.807, 2.05) is 0 Å². The Morgan fingerprint density at radius 2 is 0.927 bits per heavy atom. The number of benzene rings is 4. The van der Waals surface area contributed by atoms with Gasteiger partial charge >= 0.3 is 0 Å². The monoisotopic (exact) mass is 822 g/mol. The van der Waals surface area contributed by atoms with Gasteiger partial charge in [-0.05, 0) is 63.1 Å². The highest BCUT2D eigenvalue weighted by Gasteiger charge is 2.73. The molecule has 4 aromatic carbocycles. The lowest BCUT2D eigenvalue weighted by molar-refractivity contribution is 0.267. The quantitative estimate of drug-likeness (QED) is 0.0853. The summed E-state index contributed by atoms with van der Waals surface area (Å²) in [7, 11) is -0.665. The van der Waals surface area contributed by atoms with Crippen molar-refractivity contribution in [2.24, 2.45) is 5.41 Å². The maximum atomic E-state index is 8.14. The molecule has 3 aliphatic rings. The van der Waals surface area contributed by atoms with Gasteiger partial charge in [0.25, 0.3) is 8.32 Å². The van der Waals surface area contributed by atoms with E-state index >= 15 is 0 Å². The number of fused-ring (bicyclic) bond motifs is 3. The van der Waals surface area contributed by atoms with Crippen LogP contribution in [0, 0.1) is 5.41 Å². The zero-order valence-corrected chi connectivity index (χ0v) is 38.6. The molecule has 4 aromatic rings. The van der Waals surface area contributed by atoms with Crippen molar-refractivity contribution >= 4 is 55.1 Å². The molecular formula is C47H56O3P2S2Si. The minimum atomic E-state index is -2.36. The molecule has 0 bridgehead atoms. The fourth-order valence-electron chi connectivity index (χ4n) is 9.18. The van der Waals surface area contributed by atoms with Crippen LogP contribution in [-0.4, -0.2) is 22.5 Å². The van der Waals surface area contributed by atoms with Gasteiger partial charge in [-0.2, -0.15) is 0 Å². The highest BCUT2D eigenvalue weighted by molar-refractivity contribution is 8.70. The van der Waals surface area contributed by atoms with Crippen LogP contribution in [0.15, 0.2) is 132 Å². The first-order chi connectivity index (χ1) is 26.2. The van der Waals surface area contributed by atoms with E-state index in [0.29, 0.717) is 16.6 Å². The van der Waals surface area contributed by atoms with Crippen LogP contribution in [-0.2, 0) is 14.7 Å². The molecule has 0 radical (unpaired) electrons. The summed E-state index contributed by atoms with van der Waals surface area (Å²) in [6, 6.07) is 40.3. The molecule has 3 aliphatic heterocycles. The summed E-state index contributed by atoms with van der Waals surface area (Å²) in [5.74, 6) is 3.02. The van der Waals surface area contributed by atoms with Crippen molar-refractivity contribution in [3.05, 3.63) is 154 Å². The molecule has 1 fully saturated rings. The van der Waals surface area contributed by atoms with Gasteiger partial charge in [0.2, 0.25) is 0 Å². The van der Waals surface area contributed by atoms with Crippen molar-refractivity contribution in [2.45, 2.75) is 89.2 Å². The Labute approximate surface area is 341 Å². The number of allylic oxidation sites excluding steroid dienone is 3. The van der Waals surface area contributed by atoms with Gasteiger partial charge < -0.3 is 13.9 Å². The second-order valence-corrected chi connectivity index (χ2v) is 30.6. The minimum absolute atomic E-state index is 0.209. The lowest BCUT2D eigenvalue weighted by atomic mass is 9.78. The second kappa shape index (κ2) is 15.6. The largest absolute Gasteiger partial charge is 0.545 e. The van der Waals surface area contributed by atoms with Gasteiger partial charge in [0.05, 0.1) is 30.3 Å². The first-order valence-electron chi connectivity index (χ1n) is 19.5. The Morgan fingerprint density at radius 3 is 1.24 bits per heavy atom. The van der Waals surface area contributed by atoms with E-state index in [1.54, 1.807) is 19.3 Å². The molecule has 0 aliphatic carbocycles. The molecule has 1 saturated heterocycles. The summed E-state index contributed by atoms with van der Waals surface area (Å²) in [6.45, 7) is 21.8. The van der Waals surface area contributed by atoms with Gasteiger partial charge in [0, 0.05) is 34.5 Å². The lowest BCUT2D eigenvalue weighted by Crippen LogP contribution is -2.48. The van der Waals surface area contributed by atoms with E-state index in [4.69, 9.17) is 13.9 Å². The topological polar surface area (TPSA) is 27.7 Å².